The van der Waals surface area contributed by atoms with Crippen LogP contribution in [0.4, 0.5) is 0 Å². The standard InChI is InChI=1S/C18H38N2O4S/c1-4-5-6-7-8-9-10-11-12-14-18(21)19-15-13-16-20(2,3)17-25(22,23)24/h4-17H2,1-3H3,(H-,19,21,22,23,24). The molecule has 0 unspecified atom stereocenters. The van der Waals surface area contributed by atoms with Crippen LogP contribution in [0.2, 0.25) is 0 Å². The van der Waals surface area contributed by atoms with E-state index in [0.717, 1.165) is 12.8 Å². The minimum absolute atomic E-state index is 0.0599. The average molecular weight is 379 g/mol. The molecule has 7 heteroatoms. The first-order valence-electron chi connectivity index (χ1n) is 9.68. The third kappa shape index (κ3) is 17.9. The lowest BCUT2D eigenvalue weighted by Gasteiger charge is -2.30. The Kier molecular flexibility index (Phi) is 13.2. The summed E-state index contributed by atoms with van der Waals surface area (Å²) < 4.78 is 32.5. The Balaban J connectivity index is 3.53. The molecule has 0 saturated carbocycles. The van der Waals surface area contributed by atoms with Crippen LogP contribution in [-0.2, 0) is 14.9 Å². The summed E-state index contributed by atoms with van der Waals surface area (Å²) >= 11 is 0. The fourth-order valence-corrected chi connectivity index (χ4v) is 3.90. The van der Waals surface area contributed by atoms with E-state index < -0.39 is 16.0 Å². The van der Waals surface area contributed by atoms with E-state index in [-0.39, 0.29) is 10.4 Å². The zero-order valence-corrected chi connectivity index (χ0v) is 17.2. The van der Waals surface area contributed by atoms with Gasteiger partial charge in [-0.3, -0.25) is 4.79 Å². The highest BCUT2D eigenvalue weighted by atomic mass is 32.2. The quantitative estimate of drug-likeness (QED) is 0.254. The van der Waals surface area contributed by atoms with Crippen LogP contribution in [0.1, 0.15) is 77.6 Å². The van der Waals surface area contributed by atoms with E-state index in [1.807, 2.05) is 0 Å². The molecule has 0 saturated heterocycles. The molecule has 0 aliphatic carbocycles. The maximum atomic E-state index is 11.7. The zero-order valence-electron chi connectivity index (χ0n) is 16.4. The van der Waals surface area contributed by atoms with Crippen LogP contribution in [-0.4, -0.2) is 56.4 Å². The van der Waals surface area contributed by atoms with E-state index in [4.69, 9.17) is 0 Å². The van der Waals surface area contributed by atoms with Crippen LogP contribution < -0.4 is 5.32 Å². The fourth-order valence-electron chi connectivity index (χ4n) is 2.91. The second-order valence-corrected chi connectivity index (χ2v) is 9.00. The molecule has 25 heavy (non-hydrogen) atoms. The molecular formula is C18H38N2O4S. The van der Waals surface area contributed by atoms with Crippen LogP contribution in [0.25, 0.3) is 0 Å². The van der Waals surface area contributed by atoms with Crippen molar-refractivity contribution in [1.82, 2.24) is 5.32 Å². The van der Waals surface area contributed by atoms with Gasteiger partial charge in [-0.2, -0.15) is 0 Å². The molecule has 0 aromatic carbocycles. The van der Waals surface area contributed by atoms with Gasteiger partial charge < -0.3 is 14.4 Å². The zero-order chi connectivity index (χ0) is 19.2. The Labute approximate surface area is 154 Å². The molecule has 0 atom stereocenters. The molecular weight excluding hydrogens is 340 g/mol. The summed E-state index contributed by atoms with van der Waals surface area (Å²) in [6.45, 7) is 3.29. The summed E-state index contributed by atoms with van der Waals surface area (Å²) in [6.07, 6.45) is 12.3. The Morgan fingerprint density at radius 2 is 1.44 bits per heavy atom. The number of carbonyl (C=O) groups excluding carboxylic acids is 1. The first-order valence-corrected chi connectivity index (χ1v) is 11.3. The smallest absolute Gasteiger partial charge is 0.219 e. The van der Waals surface area contributed by atoms with Gasteiger partial charge in [-0.1, -0.05) is 58.3 Å². The van der Waals surface area contributed by atoms with Gasteiger partial charge in [-0.25, -0.2) is 8.42 Å². The summed E-state index contributed by atoms with van der Waals surface area (Å²) in [7, 11) is -0.811. The predicted molar refractivity (Wildman–Crippen MR) is 101 cm³/mol. The molecule has 0 fully saturated rings. The molecule has 150 valence electrons. The van der Waals surface area contributed by atoms with Crippen LogP contribution >= 0.6 is 0 Å². The van der Waals surface area contributed by atoms with Gasteiger partial charge in [0, 0.05) is 19.4 Å². The Morgan fingerprint density at radius 1 is 0.920 bits per heavy atom. The van der Waals surface area contributed by atoms with Crippen molar-refractivity contribution in [2.75, 3.05) is 33.1 Å². The third-order valence-corrected chi connectivity index (χ3v) is 5.29. The number of hydrogen-bond donors (Lipinski definition) is 1. The van der Waals surface area contributed by atoms with Gasteiger partial charge in [0.1, 0.15) is 10.1 Å². The number of unbranched alkanes of at least 4 members (excludes halogenated alkanes) is 8. The molecule has 1 amide bonds. The van der Waals surface area contributed by atoms with E-state index in [9.17, 15) is 17.8 Å². The Bertz CT molecular complexity index is 450. The molecule has 0 radical (unpaired) electrons. The minimum atomic E-state index is -4.23. The molecule has 0 aromatic rings. The Morgan fingerprint density at radius 3 is 1.96 bits per heavy atom. The highest BCUT2D eigenvalue weighted by Gasteiger charge is 2.18. The Hall–Kier alpha value is -0.660. The van der Waals surface area contributed by atoms with Gasteiger partial charge in [-0.05, 0) is 6.42 Å². The number of hydrogen-bond acceptors (Lipinski definition) is 4. The predicted octanol–water partition coefficient (Wildman–Crippen LogP) is 2.99. The van der Waals surface area contributed by atoms with Gasteiger partial charge in [0.15, 0.2) is 5.88 Å². The second-order valence-electron chi connectivity index (χ2n) is 7.63. The van der Waals surface area contributed by atoms with Crippen molar-refractivity contribution >= 4 is 16.0 Å². The molecule has 1 N–H and O–H groups in total. The lowest BCUT2D eigenvalue weighted by molar-refractivity contribution is -0.878. The number of nitrogens with zero attached hydrogens (tertiary/aromatic N) is 1. The number of rotatable bonds is 16. The highest BCUT2D eigenvalue weighted by Crippen LogP contribution is 2.10. The second kappa shape index (κ2) is 13.5. The normalized spacial score (nSPS) is 12.3. The lowest BCUT2D eigenvalue weighted by atomic mass is 10.1. The molecule has 0 rings (SSSR count). The van der Waals surface area contributed by atoms with E-state index in [1.54, 1.807) is 14.1 Å². The number of amides is 1. The number of nitrogens with one attached hydrogen (secondary N) is 1. The summed E-state index contributed by atoms with van der Waals surface area (Å²) in [5.74, 6) is -0.357. The number of carbonyl (C=O) groups is 1. The van der Waals surface area contributed by atoms with Crippen molar-refractivity contribution in [3.8, 4) is 0 Å². The monoisotopic (exact) mass is 378 g/mol. The maximum Gasteiger partial charge on any atom is 0.219 e. The molecule has 0 bridgehead atoms. The van der Waals surface area contributed by atoms with Crippen molar-refractivity contribution < 1.29 is 22.2 Å². The summed E-state index contributed by atoms with van der Waals surface area (Å²) in [5, 5.41) is 2.87. The first-order chi connectivity index (χ1) is 11.7. The van der Waals surface area contributed by atoms with Crippen molar-refractivity contribution in [2.24, 2.45) is 0 Å². The van der Waals surface area contributed by atoms with Crippen molar-refractivity contribution in [3.05, 3.63) is 0 Å². The van der Waals surface area contributed by atoms with Crippen molar-refractivity contribution in [2.45, 2.75) is 77.6 Å². The van der Waals surface area contributed by atoms with Gasteiger partial charge in [0.25, 0.3) is 0 Å². The summed E-state index contributed by atoms with van der Waals surface area (Å²) in [6, 6.07) is 0. The van der Waals surface area contributed by atoms with Crippen molar-refractivity contribution in [1.29, 1.82) is 0 Å². The molecule has 0 aromatic heterocycles. The van der Waals surface area contributed by atoms with Gasteiger partial charge in [0.05, 0.1) is 20.6 Å². The van der Waals surface area contributed by atoms with E-state index in [2.05, 4.69) is 12.2 Å². The van der Waals surface area contributed by atoms with Gasteiger partial charge in [0.2, 0.25) is 5.91 Å². The van der Waals surface area contributed by atoms with Gasteiger partial charge in [-0.15, -0.1) is 0 Å². The van der Waals surface area contributed by atoms with E-state index in [0.29, 0.717) is 25.9 Å². The van der Waals surface area contributed by atoms with E-state index in [1.165, 1.54) is 44.9 Å². The molecule has 6 nitrogen and oxygen atoms in total. The maximum absolute atomic E-state index is 11.7. The van der Waals surface area contributed by atoms with Crippen LogP contribution in [0.5, 0.6) is 0 Å². The highest BCUT2D eigenvalue weighted by molar-refractivity contribution is 7.85. The summed E-state index contributed by atoms with van der Waals surface area (Å²) in [4.78, 5) is 11.7. The average Bonchev–Trinajstić information content (AvgIpc) is 2.47. The van der Waals surface area contributed by atoms with Crippen LogP contribution in [0.15, 0.2) is 0 Å². The van der Waals surface area contributed by atoms with Crippen LogP contribution in [0.3, 0.4) is 0 Å². The molecule has 0 aliphatic rings. The fraction of sp³-hybridized carbons (Fsp3) is 0.944. The third-order valence-electron chi connectivity index (χ3n) is 4.28. The summed E-state index contributed by atoms with van der Waals surface area (Å²) in [5.41, 5.74) is 0. The SMILES string of the molecule is CCCCCCCCCCCC(=O)NCCC[N+](C)(C)CS(=O)(=O)[O-]. The largest absolute Gasteiger partial charge is 0.744 e. The molecule has 0 spiro atoms. The number of quaternary nitrogens is 1. The minimum Gasteiger partial charge on any atom is -0.744 e. The topological polar surface area (TPSA) is 86.3 Å². The molecule has 0 aliphatic heterocycles. The van der Waals surface area contributed by atoms with Crippen molar-refractivity contribution in [3.63, 3.8) is 0 Å². The lowest BCUT2D eigenvalue weighted by Crippen LogP contribution is -2.45. The molecule has 0 heterocycles. The van der Waals surface area contributed by atoms with Crippen LogP contribution in [0, 0.1) is 0 Å². The van der Waals surface area contributed by atoms with Gasteiger partial charge >= 0.3 is 0 Å². The first kappa shape index (κ1) is 24.3. The van der Waals surface area contributed by atoms with E-state index >= 15 is 0 Å².